The summed E-state index contributed by atoms with van der Waals surface area (Å²) in [5.41, 5.74) is 6.96. The van der Waals surface area contributed by atoms with Crippen molar-refractivity contribution in [2.24, 2.45) is 7.05 Å². The van der Waals surface area contributed by atoms with Crippen LogP contribution in [0.1, 0.15) is 95.6 Å². The van der Waals surface area contributed by atoms with Gasteiger partial charge >= 0.3 is 5.97 Å². The molecule has 3 aliphatic rings. The van der Waals surface area contributed by atoms with Crippen molar-refractivity contribution in [3.8, 4) is 22.6 Å². The zero-order valence-electron chi connectivity index (χ0n) is 42.7. The number of piperidine rings is 1. The van der Waals surface area contributed by atoms with Crippen LogP contribution >= 0.6 is 11.3 Å². The third-order valence-electron chi connectivity index (χ3n) is 14.1. The zero-order chi connectivity index (χ0) is 51.5. The van der Waals surface area contributed by atoms with Crippen molar-refractivity contribution in [1.29, 1.82) is 0 Å². The molecule has 384 valence electrons. The Hall–Kier alpha value is -7.21. The highest BCUT2D eigenvalue weighted by atomic mass is 32.1. The van der Waals surface area contributed by atoms with E-state index in [1.807, 2.05) is 120 Å². The lowest BCUT2D eigenvalue weighted by atomic mass is 9.93. The molecule has 3 aromatic heterocycles. The molecule has 3 amide bonds. The first-order chi connectivity index (χ1) is 35.7. The summed E-state index contributed by atoms with van der Waals surface area (Å²) in [6, 6.07) is 29.4. The number of rotatable bonds is 16. The van der Waals surface area contributed by atoms with E-state index in [2.05, 4.69) is 41.5 Å². The molecule has 2 N–H and O–H groups in total. The zero-order valence-corrected chi connectivity index (χ0v) is 43.6. The number of ether oxygens (including phenoxy) is 3. The number of hydrogen-bond acceptors (Lipinski definition) is 14. The van der Waals surface area contributed by atoms with Gasteiger partial charge in [-0.1, -0.05) is 47.7 Å². The van der Waals surface area contributed by atoms with Gasteiger partial charge < -0.3 is 28.9 Å². The molecule has 0 radical (unpaired) electrons. The van der Waals surface area contributed by atoms with Crippen LogP contribution in [0.25, 0.3) is 32.2 Å². The quantitative estimate of drug-likeness (QED) is 0.0535. The van der Waals surface area contributed by atoms with Gasteiger partial charge in [0.15, 0.2) is 10.8 Å². The Morgan fingerprint density at radius 3 is 2.34 bits per heavy atom. The molecule has 4 aromatic carbocycles. The SMILES string of the molecule is Cc1c(OCCCN2CCN(CCCOc3ccc4c(C5CCC(=O)NC5=O)nn(C)c4c3)CC2)cccc1-c1ccc(N2CCc3cccc(C(=O)Nc4nc5ccccc5s4)c3C2)nc1C(=O)OC(C)(C)C. The van der Waals surface area contributed by atoms with Gasteiger partial charge in [-0.2, -0.15) is 5.10 Å². The van der Waals surface area contributed by atoms with Gasteiger partial charge in [0.1, 0.15) is 22.9 Å². The van der Waals surface area contributed by atoms with E-state index >= 15 is 0 Å². The van der Waals surface area contributed by atoms with Crippen molar-refractivity contribution in [2.75, 3.05) is 69.2 Å². The third kappa shape index (κ3) is 11.3. The fourth-order valence-electron chi connectivity index (χ4n) is 10.2. The number of nitrogens with zero attached hydrogens (tertiary/aromatic N) is 7. The molecule has 0 aliphatic carbocycles. The molecule has 16 nitrogen and oxygen atoms in total. The first-order valence-corrected chi connectivity index (χ1v) is 26.4. The first-order valence-electron chi connectivity index (χ1n) is 25.6. The summed E-state index contributed by atoms with van der Waals surface area (Å²) < 4.78 is 21.3. The number of thiazole rings is 1. The molecular weight excluding hydrogens is 955 g/mol. The number of esters is 1. The number of imide groups is 1. The number of anilines is 2. The summed E-state index contributed by atoms with van der Waals surface area (Å²) in [4.78, 5) is 68.8. The average Bonchev–Trinajstić information content (AvgIpc) is 3.95. The summed E-state index contributed by atoms with van der Waals surface area (Å²) in [6.07, 6.45) is 3.26. The lowest BCUT2D eigenvalue weighted by molar-refractivity contribution is -0.134. The molecule has 0 saturated carbocycles. The Kier molecular flexibility index (Phi) is 14.8. The van der Waals surface area contributed by atoms with Crippen molar-refractivity contribution in [1.82, 2.24) is 34.9 Å². The van der Waals surface area contributed by atoms with Gasteiger partial charge in [-0.15, -0.1) is 0 Å². The minimum atomic E-state index is -0.738. The molecule has 17 heteroatoms. The highest BCUT2D eigenvalue weighted by Crippen LogP contribution is 2.36. The number of pyridine rings is 1. The minimum Gasteiger partial charge on any atom is -0.493 e. The molecular formula is C57H63N9O7S. The van der Waals surface area contributed by atoms with Crippen LogP contribution in [0.3, 0.4) is 0 Å². The number of fused-ring (bicyclic) bond motifs is 3. The summed E-state index contributed by atoms with van der Waals surface area (Å²) in [7, 11) is 1.86. The van der Waals surface area contributed by atoms with Crippen LogP contribution in [-0.2, 0) is 34.3 Å². The second-order valence-electron chi connectivity index (χ2n) is 20.3. The molecule has 2 saturated heterocycles. The number of aromatic nitrogens is 4. The number of nitrogens with one attached hydrogen (secondary N) is 2. The van der Waals surface area contributed by atoms with Gasteiger partial charge in [-0.05, 0) is 124 Å². The molecule has 1 atom stereocenters. The number of carbonyl (C=O) groups is 4. The van der Waals surface area contributed by atoms with E-state index in [1.54, 1.807) is 4.68 Å². The first kappa shape index (κ1) is 50.3. The van der Waals surface area contributed by atoms with E-state index in [0.717, 1.165) is 107 Å². The van der Waals surface area contributed by atoms with Crippen molar-refractivity contribution in [3.05, 3.63) is 125 Å². The molecule has 1 unspecified atom stereocenters. The fourth-order valence-corrected chi connectivity index (χ4v) is 11.1. The minimum absolute atomic E-state index is 0.212. The largest absolute Gasteiger partial charge is 0.493 e. The van der Waals surface area contributed by atoms with Crippen LogP contribution in [0.5, 0.6) is 11.5 Å². The maximum atomic E-state index is 14.0. The fraction of sp³-hybridized carbons (Fsp3) is 0.386. The number of benzene rings is 4. The molecule has 0 spiro atoms. The van der Waals surface area contributed by atoms with E-state index in [9.17, 15) is 19.2 Å². The predicted octanol–water partition coefficient (Wildman–Crippen LogP) is 8.70. The topological polar surface area (TPSA) is 173 Å². The smallest absolute Gasteiger partial charge is 0.358 e. The number of para-hydroxylation sites is 1. The van der Waals surface area contributed by atoms with Crippen molar-refractivity contribution in [3.63, 3.8) is 0 Å². The van der Waals surface area contributed by atoms with E-state index in [4.69, 9.17) is 19.2 Å². The number of aryl methyl sites for hydroxylation is 1. The Morgan fingerprint density at radius 1 is 0.824 bits per heavy atom. The van der Waals surface area contributed by atoms with Gasteiger partial charge in [0, 0.05) is 88.4 Å². The normalized spacial score (nSPS) is 16.6. The van der Waals surface area contributed by atoms with Crippen molar-refractivity contribution >= 4 is 67.1 Å². The van der Waals surface area contributed by atoms with Crippen molar-refractivity contribution in [2.45, 2.75) is 77.9 Å². The van der Waals surface area contributed by atoms with Crippen LogP contribution in [0.4, 0.5) is 10.9 Å². The van der Waals surface area contributed by atoms with E-state index in [-0.39, 0.29) is 23.4 Å². The highest BCUT2D eigenvalue weighted by Gasteiger charge is 2.32. The maximum absolute atomic E-state index is 14.0. The molecule has 3 aliphatic heterocycles. The van der Waals surface area contributed by atoms with Crippen LogP contribution in [0.2, 0.25) is 0 Å². The van der Waals surface area contributed by atoms with Crippen LogP contribution in [-0.4, -0.2) is 118 Å². The van der Waals surface area contributed by atoms with Crippen LogP contribution in [0.15, 0.2) is 91.0 Å². The third-order valence-corrected chi connectivity index (χ3v) is 15.0. The van der Waals surface area contributed by atoms with Crippen molar-refractivity contribution < 1.29 is 33.4 Å². The Morgan fingerprint density at radius 2 is 1.58 bits per heavy atom. The summed E-state index contributed by atoms with van der Waals surface area (Å²) in [5.74, 6) is 0.473. The highest BCUT2D eigenvalue weighted by molar-refractivity contribution is 7.22. The maximum Gasteiger partial charge on any atom is 0.358 e. The van der Waals surface area contributed by atoms with E-state index in [0.29, 0.717) is 73.3 Å². The van der Waals surface area contributed by atoms with E-state index < -0.39 is 17.5 Å². The van der Waals surface area contributed by atoms with Crippen LogP contribution < -0.4 is 25.0 Å². The summed E-state index contributed by atoms with van der Waals surface area (Å²) in [5, 5.41) is 11.6. The molecule has 74 heavy (non-hydrogen) atoms. The van der Waals surface area contributed by atoms with Gasteiger partial charge in [0.2, 0.25) is 11.8 Å². The number of hydrogen-bond donors (Lipinski definition) is 2. The Labute approximate surface area is 435 Å². The number of piperazine rings is 1. The molecule has 6 heterocycles. The van der Waals surface area contributed by atoms with Gasteiger partial charge in [-0.3, -0.25) is 29.7 Å². The van der Waals surface area contributed by atoms with Gasteiger partial charge in [0.05, 0.1) is 40.6 Å². The number of amides is 3. The van der Waals surface area contributed by atoms with Gasteiger partial charge in [0.25, 0.3) is 5.91 Å². The Balaban J connectivity index is 0.719. The molecule has 10 rings (SSSR count). The number of carbonyl (C=O) groups excluding carboxylic acids is 4. The van der Waals surface area contributed by atoms with Crippen LogP contribution in [0, 0.1) is 6.92 Å². The summed E-state index contributed by atoms with van der Waals surface area (Å²) >= 11 is 1.45. The second-order valence-corrected chi connectivity index (χ2v) is 21.4. The lowest BCUT2D eigenvalue weighted by Crippen LogP contribution is -2.47. The molecule has 0 bridgehead atoms. The summed E-state index contributed by atoms with van der Waals surface area (Å²) in [6.45, 7) is 15.7. The lowest BCUT2D eigenvalue weighted by Gasteiger charge is -2.34. The Bertz CT molecular complexity index is 3210. The predicted molar refractivity (Wildman–Crippen MR) is 287 cm³/mol. The van der Waals surface area contributed by atoms with E-state index in [1.165, 1.54) is 11.3 Å². The second kappa shape index (κ2) is 21.7. The molecule has 2 fully saturated rings. The monoisotopic (exact) mass is 1020 g/mol. The average molecular weight is 1020 g/mol. The van der Waals surface area contributed by atoms with Gasteiger partial charge in [-0.25, -0.2) is 14.8 Å². The molecule has 7 aromatic rings. The standard InChI is InChI=1S/C57H63N9O7S/c1-36-39(40-20-22-49(59-52(40)55(70)73-57(2,3)4)66-27-24-37-12-8-14-41(44(37)35-66)53(68)61-56-58-45-15-6-7-17-48(45)74-56)13-9-16-47(36)72-33-11-26-65-30-28-64(29-31-65)25-10-32-71-38-18-19-42-46(34-38)63(5)62-51(42)43-21-23-50(67)60-54(43)69/h6-9,12-20,22,34,43H,10-11,21,23-33,35H2,1-5H3,(H,58,61,68)(H,60,67,69).